The second kappa shape index (κ2) is 6.36. The van der Waals surface area contributed by atoms with Gasteiger partial charge in [-0.1, -0.05) is 0 Å². The highest BCUT2D eigenvalue weighted by molar-refractivity contribution is 5.95. The van der Waals surface area contributed by atoms with E-state index in [1.54, 1.807) is 31.4 Å². The van der Waals surface area contributed by atoms with E-state index in [1.807, 2.05) is 4.90 Å². The molecule has 0 bridgehead atoms. The summed E-state index contributed by atoms with van der Waals surface area (Å²) in [4.78, 5) is 26.2. The van der Waals surface area contributed by atoms with Crippen LogP contribution in [0.5, 0.6) is 5.75 Å². The van der Waals surface area contributed by atoms with Crippen molar-refractivity contribution >= 4 is 17.5 Å². The van der Waals surface area contributed by atoms with Gasteiger partial charge in [0.1, 0.15) is 11.9 Å². The van der Waals surface area contributed by atoms with E-state index in [9.17, 15) is 9.59 Å². The fourth-order valence-electron chi connectivity index (χ4n) is 2.98. The first-order chi connectivity index (χ1) is 10.7. The zero-order chi connectivity index (χ0) is 15.5. The third-order valence-corrected chi connectivity index (χ3v) is 4.17. The number of benzene rings is 1. The number of hydrogen-bond acceptors (Lipinski definition) is 4. The van der Waals surface area contributed by atoms with Gasteiger partial charge >= 0.3 is 0 Å². The van der Waals surface area contributed by atoms with E-state index in [4.69, 9.17) is 9.47 Å². The lowest BCUT2D eigenvalue weighted by atomic mass is 10.1. The van der Waals surface area contributed by atoms with Crippen LogP contribution in [-0.4, -0.2) is 49.1 Å². The number of rotatable bonds is 4. The second-order valence-electron chi connectivity index (χ2n) is 5.63. The van der Waals surface area contributed by atoms with E-state index in [-0.39, 0.29) is 24.3 Å². The second-order valence-corrected chi connectivity index (χ2v) is 5.63. The van der Waals surface area contributed by atoms with E-state index >= 15 is 0 Å². The van der Waals surface area contributed by atoms with Gasteiger partial charge < -0.3 is 19.7 Å². The molecule has 1 aromatic rings. The summed E-state index contributed by atoms with van der Waals surface area (Å²) in [5.41, 5.74) is 0.674. The minimum atomic E-state index is -0.660. The maximum atomic E-state index is 12.3. The highest BCUT2D eigenvalue weighted by Crippen LogP contribution is 2.25. The summed E-state index contributed by atoms with van der Waals surface area (Å²) < 4.78 is 10.6. The lowest BCUT2D eigenvalue weighted by molar-refractivity contribution is -0.158. The molecule has 2 aliphatic rings. The van der Waals surface area contributed by atoms with Crippen molar-refractivity contribution in [3.8, 4) is 5.75 Å². The van der Waals surface area contributed by atoms with Crippen molar-refractivity contribution in [1.29, 1.82) is 0 Å². The Balaban J connectivity index is 1.55. The van der Waals surface area contributed by atoms with Gasteiger partial charge in [-0.05, 0) is 37.1 Å². The molecule has 0 saturated carbocycles. The number of amides is 2. The van der Waals surface area contributed by atoms with Gasteiger partial charge in [-0.25, -0.2) is 0 Å². The number of anilines is 1. The summed E-state index contributed by atoms with van der Waals surface area (Å²) in [6.45, 7) is 1.32. The molecule has 1 aromatic carbocycles. The van der Waals surface area contributed by atoms with Gasteiger partial charge in [0.05, 0.1) is 26.2 Å². The van der Waals surface area contributed by atoms with Crippen molar-refractivity contribution < 1.29 is 19.1 Å². The quantitative estimate of drug-likeness (QED) is 0.913. The number of nitrogens with one attached hydrogen (secondary N) is 1. The molecule has 2 unspecified atom stereocenters. The molecule has 6 heteroatoms. The van der Waals surface area contributed by atoms with Gasteiger partial charge in [-0.2, -0.15) is 0 Å². The minimum Gasteiger partial charge on any atom is -0.497 e. The molecule has 0 aliphatic carbocycles. The fourth-order valence-corrected chi connectivity index (χ4v) is 2.98. The molecule has 3 rings (SSSR count). The third-order valence-electron chi connectivity index (χ3n) is 4.17. The lowest BCUT2D eigenvalue weighted by Gasteiger charge is -2.34. The average molecular weight is 304 g/mol. The molecule has 0 radical (unpaired) electrons. The molecule has 1 N–H and O–H groups in total. The summed E-state index contributed by atoms with van der Waals surface area (Å²) in [5.74, 6) is 0.448. The van der Waals surface area contributed by atoms with Crippen molar-refractivity contribution in [3.63, 3.8) is 0 Å². The summed E-state index contributed by atoms with van der Waals surface area (Å²) in [7, 11) is 1.59. The number of fused-ring (bicyclic) bond motifs is 1. The van der Waals surface area contributed by atoms with Crippen LogP contribution in [0.1, 0.15) is 19.3 Å². The smallest absolute Gasteiger partial charge is 0.252 e. The molecule has 2 atom stereocenters. The Labute approximate surface area is 129 Å². The number of ether oxygens (including phenoxy) is 2. The molecule has 22 heavy (non-hydrogen) atoms. The van der Waals surface area contributed by atoms with E-state index in [0.717, 1.165) is 25.1 Å². The van der Waals surface area contributed by atoms with Crippen LogP contribution in [0.2, 0.25) is 0 Å². The van der Waals surface area contributed by atoms with Crippen LogP contribution in [-0.2, 0) is 14.3 Å². The molecular formula is C16H20N2O4. The van der Waals surface area contributed by atoms with Gasteiger partial charge in [0, 0.05) is 12.2 Å². The monoisotopic (exact) mass is 304 g/mol. The standard InChI is InChI=1S/C16H20N2O4/c1-21-13-6-4-11(5-7-13)17-15(19)9-14-16(20)18-8-2-3-12(18)10-22-14/h4-7,12,14H,2-3,8-10H2,1H3,(H,17,19). The Bertz CT molecular complexity index is 558. The molecule has 0 spiro atoms. The highest BCUT2D eigenvalue weighted by atomic mass is 16.5. The number of carbonyl (C=O) groups excluding carboxylic acids is 2. The topological polar surface area (TPSA) is 67.9 Å². The van der Waals surface area contributed by atoms with Crippen LogP contribution in [0.25, 0.3) is 0 Å². The molecule has 0 aromatic heterocycles. The summed E-state index contributed by atoms with van der Waals surface area (Å²) in [5, 5.41) is 2.78. The molecule has 2 amide bonds. The SMILES string of the molecule is COc1ccc(NC(=O)CC2OCC3CCCN3C2=O)cc1. The normalized spacial score (nSPS) is 24.0. The maximum absolute atomic E-state index is 12.3. The van der Waals surface area contributed by atoms with Crippen LogP contribution < -0.4 is 10.1 Å². The molecule has 2 saturated heterocycles. The van der Waals surface area contributed by atoms with Crippen molar-refractivity contribution in [2.24, 2.45) is 0 Å². The predicted molar refractivity (Wildman–Crippen MR) is 80.7 cm³/mol. The Morgan fingerprint density at radius 3 is 2.91 bits per heavy atom. The number of carbonyl (C=O) groups is 2. The first-order valence-corrected chi connectivity index (χ1v) is 7.53. The first-order valence-electron chi connectivity index (χ1n) is 7.53. The molecule has 2 fully saturated rings. The predicted octanol–water partition coefficient (Wildman–Crippen LogP) is 1.41. The van der Waals surface area contributed by atoms with Gasteiger partial charge in [0.15, 0.2) is 0 Å². The van der Waals surface area contributed by atoms with Crippen molar-refractivity contribution in [3.05, 3.63) is 24.3 Å². The minimum absolute atomic E-state index is 0.0497. The Kier molecular flexibility index (Phi) is 4.29. The number of nitrogens with zero attached hydrogens (tertiary/aromatic N) is 1. The lowest BCUT2D eigenvalue weighted by Crippen LogP contribution is -2.51. The summed E-state index contributed by atoms with van der Waals surface area (Å²) in [6, 6.07) is 7.26. The van der Waals surface area contributed by atoms with Gasteiger partial charge in [-0.15, -0.1) is 0 Å². The van der Waals surface area contributed by atoms with Crippen LogP contribution >= 0.6 is 0 Å². The largest absolute Gasteiger partial charge is 0.497 e. The maximum Gasteiger partial charge on any atom is 0.252 e. The molecule has 118 valence electrons. The van der Waals surface area contributed by atoms with Gasteiger partial charge in [0.25, 0.3) is 5.91 Å². The van der Waals surface area contributed by atoms with Crippen LogP contribution in [0.3, 0.4) is 0 Å². The molecule has 2 heterocycles. The highest BCUT2D eigenvalue weighted by Gasteiger charge is 2.39. The van der Waals surface area contributed by atoms with E-state index in [0.29, 0.717) is 12.3 Å². The van der Waals surface area contributed by atoms with Crippen molar-refractivity contribution in [2.75, 3.05) is 25.6 Å². The Hall–Kier alpha value is -2.08. The van der Waals surface area contributed by atoms with Gasteiger partial charge in [0.2, 0.25) is 5.91 Å². The zero-order valence-corrected chi connectivity index (χ0v) is 12.6. The average Bonchev–Trinajstić information content (AvgIpc) is 3.00. The Morgan fingerprint density at radius 2 is 2.18 bits per heavy atom. The number of morpholine rings is 1. The van der Waals surface area contributed by atoms with Gasteiger partial charge in [-0.3, -0.25) is 9.59 Å². The van der Waals surface area contributed by atoms with E-state index in [2.05, 4.69) is 5.32 Å². The zero-order valence-electron chi connectivity index (χ0n) is 12.6. The summed E-state index contributed by atoms with van der Waals surface area (Å²) in [6.07, 6.45) is 1.40. The van der Waals surface area contributed by atoms with E-state index in [1.165, 1.54) is 0 Å². The molecule has 6 nitrogen and oxygen atoms in total. The fraction of sp³-hybridized carbons (Fsp3) is 0.500. The third kappa shape index (κ3) is 3.06. The number of hydrogen-bond donors (Lipinski definition) is 1. The summed E-state index contributed by atoms with van der Waals surface area (Å²) >= 11 is 0. The van der Waals surface area contributed by atoms with Crippen molar-refractivity contribution in [1.82, 2.24) is 4.90 Å². The first kappa shape index (κ1) is 14.8. The van der Waals surface area contributed by atoms with Crippen molar-refractivity contribution in [2.45, 2.75) is 31.4 Å². The van der Waals surface area contributed by atoms with E-state index < -0.39 is 6.10 Å². The van der Waals surface area contributed by atoms with Crippen LogP contribution in [0, 0.1) is 0 Å². The number of methoxy groups -OCH3 is 1. The van der Waals surface area contributed by atoms with Crippen LogP contribution in [0.4, 0.5) is 5.69 Å². The molecular weight excluding hydrogens is 284 g/mol. The molecule has 2 aliphatic heterocycles. The van der Waals surface area contributed by atoms with Crippen LogP contribution in [0.15, 0.2) is 24.3 Å². The Morgan fingerprint density at radius 1 is 1.41 bits per heavy atom.